The lowest BCUT2D eigenvalue weighted by molar-refractivity contribution is -0.134. The minimum atomic E-state index is -0.503. The van der Waals surface area contributed by atoms with Crippen molar-refractivity contribution in [2.45, 2.75) is 13.0 Å². The fraction of sp³-hybridized carbons (Fsp3) is 0.462. The molecule has 1 unspecified atom stereocenters. The Hall–Kier alpha value is -1.33. The molecule has 1 amide bonds. The molecule has 2 rings (SSSR count). The van der Waals surface area contributed by atoms with Gasteiger partial charge in [-0.1, -0.05) is 11.6 Å². The first-order valence-electron chi connectivity index (χ1n) is 6.15. The van der Waals surface area contributed by atoms with Crippen LogP contribution in [0.25, 0.3) is 0 Å². The van der Waals surface area contributed by atoms with Gasteiger partial charge in [0.25, 0.3) is 5.91 Å². The highest BCUT2D eigenvalue weighted by Crippen LogP contribution is 2.21. The first kappa shape index (κ1) is 14.1. The van der Waals surface area contributed by atoms with E-state index in [1.165, 1.54) is 18.2 Å². The Balaban J connectivity index is 1.87. The number of halogens is 2. The van der Waals surface area contributed by atoms with Crippen LogP contribution in [-0.2, 0) is 4.79 Å². The number of benzene rings is 1. The molecule has 1 aromatic carbocycles. The number of rotatable bonds is 3. The molecule has 0 bridgehead atoms. The summed E-state index contributed by atoms with van der Waals surface area (Å²) in [5.41, 5.74) is 0. The van der Waals surface area contributed by atoms with Gasteiger partial charge in [-0.05, 0) is 19.1 Å². The summed E-state index contributed by atoms with van der Waals surface area (Å²) >= 11 is 5.64. The van der Waals surface area contributed by atoms with Crippen molar-refractivity contribution in [1.82, 2.24) is 10.2 Å². The molecular formula is C13H16ClFN2O2. The second-order valence-electron chi connectivity index (χ2n) is 4.56. The average molecular weight is 287 g/mol. The molecule has 0 aromatic heterocycles. The van der Waals surface area contributed by atoms with Gasteiger partial charge in [0, 0.05) is 31.7 Å². The predicted octanol–water partition coefficient (Wildman–Crippen LogP) is 1.68. The molecule has 1 aromatic rings. The van der Waals surface area contributed by atoms with Crippen LogP contribution in [0.1, 0.15) is 6.92 Å². The van der Waals surface area contributed by atoms with E-state index in [-0.39, 0.29) is 23.6 Å². The van der Waals surface area contributed by atoms with Gasteiger partial charge in [0.05, 0.1) is 5.02 Å². The summed E-state index contributed by atoms with van der Waals surface area (Å²) in [5, 5.41) is 3.25. The van der Waals surface area contributed by atoms with Gasteiger partial charge < -0.3 is 15.0 Å². The topological polar surface area (TPSA) is 41.6 Å². The molecule has 1 N–H and O–H groups in total. The molecule has 0 saturated carbocycles. The summed E-state index contributed by atoms with van der Waals surface area (Å²) in [5.74, 6) is -0.187. The Morgan fingerprint density at radius 1 is 1.63 bits per heavy atom. The smallest absolute Gasteiger partial charge is 0.260 e. The van der Waals surface area contributed by atoms with Crippen LogP contribution in [0.3, 0.4) is 0 Å². The van der Waals surface area contributed by atoms with Gasteiger partial charge in [-0.3, -0.25) is 4.79 Å². The summed E-state index contributed by atoms with van der Waals surface area (Å²) in [7, 11) is 0. The normalized spacial score (nSPS) is 19.3. The zero-order chi connectivity index (χ0) is 13.8. The standard InChI is InChI=1S/C13H16ClFN2O2/c1-9-7-17(5-4-16-9)13(18)8-19-10-2-3-12(15)11(14)6-10/h2-3,6,9,16H,4-5,7-8H2,1H3. The number of nitrogens with one attached hydrogen (secondary N) is 1. The quantitative estimate of drug-likeness (QED) is 0.919. The maximum atomic E-state index is 13.0. The third-order valence-electron chi connectivity index (χ3n) is 2.97. The van der Waals surface area contributed by atoms with Crippen molar-refractivity contribution in [3.8, 4) is 5.75 Å². The third kappa shape index (κ3) is 3.81. The highest BCUT2D eigenvalue weighted by molar-refractivity contribution is 6.30. The van der Waals surface area contributed by atoms with Gasteiger partial charge in [0.15, 0.2) is 6.61 Å². The van der Waals surface area contributed by atoms with E-state index in [0.717, 1.165) is 6.54 Å². The molecular weight excluding hydrogens is 271 g/mol. The lowest BCUT2D eigenvalue weighted by Gasteiger charge is -2.31. The van der Waals surface area contributed by atoms with E-state index in [2.05, 4.69) is 5.32 Å². The molecule has 1 aliphatic rings. The summed E-state index contributed by atoms with van der Waals surface area (Å²) < 4.78 is 18.3. The van der Waals surface area contributed by atoms with Crippen molar-refractivity contribution in [2.24, 2.45) is 0 Å². The fourth-order valence-corrected chi connectivity index (χ4v) is 2.13. The Labute approximate surface area is 116 Å². The molecule has 104 valence electrons. The monoisotopic (exact) mass is 286 g/mol. The van der Waals surface area contributed by atoms with Gasteiger partial charge in [0.1, 0.15) is 11.6 Å². The first-order chi connectivity index (χ1) is 9.06. The SMILES string of the molecule is CC1CN(C(=O)COc2ccc(F)c(Cl)c2)CCN1. The van der Waals surface area contributed by atoms with Gasteiger partial charge in [-0.15, -0.1) is 0 Å². The number of hydrogen-bond acceptors (Lipinski definition) is 3. The van der Waals surface area contributed by atoms with E-state index in [9.17, 15) is 9.18 Å². The minimum Gasteiger partial charge on any atom is -0.484 e. The molecule has 0 aliphatic carbocycles. The van der Waals surface area contributed by atoms with Gasteiger partial charge >= 0.3 is 0 Å². The van der Waals surface area contributed by atoms with E-state index in [0.29, 0.717) is 18.8 Å². The number of piperazine rings is 1. The Kier molecular flexibility index (Phi) is 4.61. The van der Waals surface area contributed by atoms with E-state index >= 15 is 0 Å². The third-order valence-corrected chi connectivity index (χ3v) is 3.26. The van der Waals surface area contributed by atoms with Crippen molar-refractivity contribution in [3.63, 3.8) is 0 Å². The lowest BCUT2D eigenvalue weighted by Crippen LogP contribution is -2.52. The van der Waals surface area contributed by atoms with E-state index in [4.69, 9.17) is 16.3 Å². The highest BCUT2D eigenvalue weighted by atomic mass is 35.5. The fourth-order valence-electron chi connectivity index (χ4n) is 1.96. The summed E-state index contributed by atoms with van der Waals surface area (Å²) in [6.45, 7) is 4.10. The van der Waals surface area contributed by atoms with Crippen LogP contribution in [-0.4, -0.2) is 43.1 Å². The Bertz CT molecular complexity index is 470. The first-order valence-corrected chi connectivity index (χ1v) is 6.53. The van der Waals surface area contributed by atoms with Crippen molar-refractivity contribution in [1.29, 1.82) is 0 Å². The van der Waals surface area contributed by atoms with E-state index < -0.39 is 5.82 Å². The molecule has 1 fully saturated rings. The number of carbonyl (C=O) groups excluding carboxylic acids is 1. The van der Waals surface area contributed by atoms with Gasteiger partial charge in [0.2, 0.25) is 0 Å². The number of nitrogens with zero attached hydrogens (tertiary/aromatic N) is 1. The molecule has 0 spiro atoms. The highest BCUT2D eigenvalue weighted by Gasteiger charge is 2.20. The van der Waals surface area contributed by atoms with Crippen molar-refractivity contribution < 1.29 is 13.9 Å². The number of ether oxygens (including phenoxy) is 1. The van der Waals surface area contributed by atoms with E-state index in [1.54, 1.807) is 4.90 Å². The number of amides is 1. The minimum absolute atomic E-state index is 0.0132. The van der Waals surface area contributed by atoms with Crippen LogP contribution in [0.2, 0.25) is 5.02 Å². The van der Waals surface area contributed by atoms with Crippen LogP contribution < -0.4 is 10.1 Å². The van der Waals surface area contributed by atoms with Crippen LogP contribution in [0.15, 0.2) is 18.2 Å². The maximum Gasteiger partial charge on any atom is 0.260 e. The van der Waals surface area contributed by atoms with Crippen LogP contribution in [0, 0.1) is 5.82 Å². The Morgan fingerprint density at radius 2 is 2.42 bits per heavy atom. The summed E-state index contributed by atoms with van der Waals surface area (Å²) in [6, 6.07) is 4.33. The number of carbonyl (C=O) groups is 1. The lowest BCUT2D eigenvalue weighted by atomic mass is 10.2. The van der Waals surface area contributed by atoms with Gasteiger partial charge in [-0.25, -0.2) is 4.39 Å². The van der Waals surface area contributed by atoms with Crippen molar-refractivity contribution in [3.05, 3.63) is 29.0 Å². The second kappa shape index (κ2) is 6.21. The second-order valence-corrected chi connectivity index (χ2v) is 4.97. The van der Waals surface area contributed by atoms with Crippen LogP contribution >= 0.6 is 11.6 Å². The summed E-state index contributed by atoms with van der Waals surface area (Å²) in [6.07, 6.45) is 0. The summed E-state index contributed by atoms with van der Waals surface area (Å²) in [4.78, 5) is 13.7. The average Bonchev–Trinajstić information content (AvgIpc) is 2.40. The maximum absolute atomic E-state index is 13.0. The zero-order valence-electron chi connectivity index (χ0n) is 10.7. The largest absolute Gasteiger partial charge is 0.484 e. The van der Waals surface area contributed by atoms with Crippen molar-refractivity contribution in [2.75, 3.05) is 26.2 Å². The molecule has 1 aliphatic heterocycles. The molecule has 19 heavy (non-hydrogen) atoms. The number of hydrogen-bond donors (Lipinski definition) is 1. The molecule has 6 heteroatoms. The molecule has 4 nitrogen and oxygen atoms in total. The van der Waals surface area contributed by atoms with Crippen LogP contribution in [0.5, 0.6) is 5.75 Å². The van der Waals surface area contributed by atoms with Crippen molar-refractivity contribution >= 4 is 17.5 Å². The molecule has 1 saturated heterocycles. The molecule has 1 heterocycles. The predicted molar refractivity (Wildman–Crippen MR) is 70.9 cm³/mol. The van der Waals surface area contributed by atoms with Crippen LogP contribution in [0.4, 0.5) is 4.39 Å². The Morgan fingerprint density at radius 3 is 3.11 bits per heavy atom. The molecule has 1 atom stereocenters. The van der Waals surface area contributed by atoms with E-state index in [1.807, 2.05) is 6.92 Å². The molecule has 0 radical (unpaired) electrons. The zero-order valence-corrected chi connectivity index (χ0v) is 11.4. The van der Waals surface area contributed by atoms with Gasteiger partial charge in [-0.2, -0.15) is 0 Å².